The number of ether oxygens (including phenoxy) is 1. The van der Waals surface area contributed by atoms with E-state index in [0.29, 0.717) is 50.1 Å². The number of nitrogens with two attached hydrogens (primary N) is 1. The smallest absolute Gasteiger partial charge is 0.287 e. The molecule has 0 spiro atoms. The molecule has 1 heterocycles. The molecule has 1 saturated heterocycles. The Labute approximate surface area is 224 Å². The zero-order valence-electron chi connectivity index (χ0n) is 22.4. The highest BCUT2D eigenvalue weighted by atomic mass is 16.5. The minimum Gasteiger partial charge on any atom is -0.479 e. The number of hydrogen-bond donors (Lipinski definition) is 3. The molecule has 0 bridgehead atoms. The van der Waals surface area contributed by atoms with Gasteiger partial charge in [0.15, 0.2) is 5.88 Å². The molecule has 1 saturated carbocycles. The first-order valence-corrected chi connectivity index (χ1v) is 13.7. The number of ketones is 1. The van der Waals surface area contributed by atoms with Crippen LogP contribution in [0.2, 0.25) is 0 Å². The number of hydrogen-bond acceptors (Lipinski definition) is 6. The van der Waals surface area contributed by atoms with Crippen LogP contribution in [0.1, 0.15) is 57.1 Å². The van der Waals surface area contributed by atoms with E-state index in [1.54, 1.807) is 4.90 Å². The second-order valence-corrected chi connectivity index (χ2v) is 11.3. The fourth-order valence-corrected chi connectivity index (χ4v) is 5.53. The van der Waals surface area contributed by atoms with Crippen molar-refractivity contribution in [1.82, 2.24) is 15.5 Å². The molecular formula is C29H40N4O5. The van der Waals surface area contributed by atoms with Gasteiger partial charge in [-0.1, -0.05) is 51.0 Å². The van der Waals surface area contributed by atoms with Crippen molar-refractivity contribution in [3.8, 4) is 0 Å². The third-order valence-electron chi connectivity index (χ3n) is 7.71. The van der Waals surface area contributed by atoms with Crippen LogP contribution in [0.15, 0.2) is 36.7 Å². The lowest BCUT2D eigenvalue weighted by Crippen LogP contribution is -2.57. The van der Waals surface area contributed by atoms with Crippen LogP contribution in [0.3, 0.4) is 0 Å². The molecule has 206 valence electrons. The van der Waals surface area contributed by atoms with Gasteiger partial charge in [-0.25, -0.2) is 0 Å². The van der Waals surface area contributed by atoms with Crippen LogP contribution in [0.4, 0.5) is 0 Å². The quantitative estimate of drug-likeness (QED) is 0.267. The Morgan fingerprint density at radius 2 is 1.74 bits per heavy atom. The molecule has 3 amide bonds. The molecule has 2 fully saturated rings. The predicted molar refractivity (Wildman–Crippen MR) is 142 cm³/mol. The second kappa shape index (κ2) is 12.0. The van der Waals surface area contributed by atoms with Gasteiger partial charge >= 0.3 is 0 Å². The maximum absolute atomic E-state index is 14.0. The Morgan fingerprint density at radius 3 is 2.32 bits per heavy atom. The van der Waals surface area contributed by atoms with Crippen molar-refractivity contribution in [3.63, 3.8) is 0 Å². The van der Waals surface area contributed by atoms with E-state index in [0.717, 1.165) is 25.7 Å². The van der Waals surface area contributed by atoms with Crippen molar-refractivity contribution in [2.45, 2.75) is 76.9 Å². The molecule has 3 unspecified atom stereocenters. The van der Waals surface area contributed by atoms with E-state index in [9.17, 15) is 19.2 Å². The molecule has 1 aromatic carbocycles. The molecule has 2 aliphatic carbocycles. The summed E-state index contributed by atoms with van der Waals surface area (Å²) in [7, 11) is 0. The van der Waals surface area contributed by atoms with Gasteiger partial charge in [-0.2, -0.15) is 0 Å². The van der Waals surface area contributed by atoms with Gasteiger partial charge in [-0.15, -0.1) is 0 Å². The van der Waals surface area contributed by atoms with E-state index in [1.807, 2.05) is 26.0 Å². The van der Waals surface area contributed by atoms with Crippen LogP contribution in [0, 0.1) is 17.8 Å². The lowest BCUT2D eigenvalue weighted by molar-refractivity contribution is -0.143. The van der Waals surface area contributed by atoms with Gasteiger partial charge in [0.1, 0.15) is 12.1 Å². The van der Waals surface area contributed by atoms with Crippen LogP contribution < -0.4 is 16.4 Å². The zero-order chi connectivity index (χ0) is 27.4. The number of likely N-dealkylation sites (tertiary alicyclic amines) is 1. The zero-order valence-corrected chi connectivity index (χ0v) is 22.4. The van der Waals surface area contributed by atoms with Crippen molar-refractivity contribution in [1.29, 1.82) is 0 Å². The lowest BCUT2D eigenvalue weighted by atomic mass is 9.94. The predicted octanol–water partition coefficient (Wildman–Crippen LogP) is 1.83. The van der Waals surface area contributed by atoms with E-state index in [2.05, 4.69) is 29.3 Å². The lowest BCUT2D eigenvalue weighted by Gasteiger charge is -2.33. The van der Waals surface area contributed by atoms with E-state index in [-0.39, 0.29) is 11.8 Å². The molecule has 38 heavy (non-hydrogen) atoms. The average molecular weight is 525 g/mol. The summed E-state index contributed by atoms with van der Waals surface area (Å²) in [5.74, 6) is -1.53. The molecule has 9 heteroatoms. The SMILES string of the molecule is C=C(NC(C(=O)N1CCCC1C(=O)NC(CC1CC1)C(=O)C(N)=O)C1Cc2ccccc2C1)OCC(C)C. The van der Waals surface area contributed by atoms with Crippen molar-refractivity contribution < 1.29 is 23.9 Å². The summed E-state index contributed by atoms with van der Waals surface area (Å²) in [5, 5.41) is 5.99. The highest BCUT2D eigenvalue weighted by molar-refractivity contribution is 6.37. The normalized spacial score (nSPS) is 20.5. The molecule has 4 N–H and O–H groups in total. The summed E-state index contributed by atoms with van der Waals surface area (Å²) in [6.07, 6.45) is 4.95. The van der Waals surface area contributed by atoms with Crippen LogP contribution in [0.5, 0.6) is 0 Å². The maximum Gasteiger partial charge on any atom is 0.287 e. The molecule has 1 aliphatic heterocycles. The van der Waals surface area contributed by atoms with Crippen molar-refractivity contribution in [2.75, 3.05) is 13.2 Å². The van der Waals surface area contributed by atoms with Gasteiger partial charge in [0.25, 0.3) is 5.91 Å². The van der Waals surface area contributed by atoms with Gasteiger partial charge < -0.3 is 26.0 Å². The maximum atomic E-state index is 14.0. The number of primary amides is 1. The largest absolute Gasteiger partial charge is 0.479 e. The average Bonchev–Trinajstić information content (AvgIpc) is 3.38. The van der Waals surface area contributed by atoms with Crippen LogP contribution >= 0.6 is 0 Å². The third kappa shape index (κ3) is 6.74. The Morgan fingerprint density at radius 1 is 1.08 bits per heavy atom. The second-order valence-electron chi connectivity index (χ2n) is 11.3. The standard InChI is InChI=1S/C29H40N4O5/c1-17(2)16-38-18(3)31-25(22-14-20-7-4-5-8-21(20)15-22)29(37)33-12-6-9-24(33)28(36)32-23(13-19-10-11-19)26(34)27(30)35/h4-5,7-8,17,19,22-25,31H,3,6,9-16H2,1-2H3,(H2,30,35)(H,32,36). The number of carbonyl (C=O) groups is 4. The van der Waals surface area contributed by atoms with Crippen molar-refractivity contribution >= 4 is 23.5 Å². The molecule has 1 aromatic rings. The Bertz CT molecular complexity index is 1060. The van der Waals surface area contributed by atoms with Gasteiger partial charge in [-0.3, -0.25) is 19.2 Å². The number of Topliss-reactive ketones (excluding diaryl/α,β-unsaturated/α-hetero) is 1. The highest BCUT2D eigenvalue weighted by Crippen LogP contribution is 2.34. The number of carbonyl (C=O) groups excluding carboxylic acids is 4. The third-order valence-corrected chi connectivity index (χ3v) is 7.71. The number of nitrogens with one attached hydrogen (secondary N) is 2. The fourth-order valence-electron chi connectivity index (χ4n) is 5.53. The summed E-state index contributed by atoms with van der Waals surface area (Å²) in [6.45, 7) is 8.98. The Hall–Kier alpha value is -3.36. The Balaban J connectivity index is 1.49. The fraction of sp³-hybridized carbons (Fsp3) is 0.586. The molecule has 4 rings (SSSR count). The topological polar surface area (TPSA) is 131 Å². The summed E-state index contributed by atoms with van der Waals surface area (Å²) in [4.78, 5) is 53.0. The highest BCUT2D eigenvalue weighted by Gasteiger charge is 2.43. The van der Waals surface area contributed by atoms with Crippen LogP contribution in [0.25, 0.3) is 0 Å². The molecular weight excluding hydrogens is 484 g/mol. The Kier molecular flexibility index (Phi) is 8.74. The van der Waals surface area contributed by atoms with Crippen LogP contribution in [-0.2, 0) is 36.8 Å². The first kappa shape index (κ1) is 27.7. The molecule has 3 atom stereocenters. The molecule has 3 aliphatic rings. The monoisotopic (exact) mass is 524 g/mol. The molecule has 0 radical (unpaired) electrons. The molecule has 9 nitrogen and oxygen atoms in total. The number of rotatable bonds is 13. The van der Waals surface area contributed by atoms with E-state index in [4.69, 9.17) is 10.5 Å². The first-order chi connectivity index (χ1) is 18.1. The van der Waals surface area contributed by atoms with Gasteiger partial charge in [0.2, 0.25) is 17.6 Å². The minimum absolute atomic E-state index is 0.0253. The number of benzene rings is 1. The summed E-state index contributed by atoms with van der Waals surface area (Å²) in [6, 6.07) is 5.89. The molecule has 0 aromatic heterocycles. The van der Waals surface area contributed by atoms with E-state index < -0.39 is 35.7 Å². The van der Waals surface area contributed by atoms with Crippen molar-refractivity contribution in [2.24, 2.45) is 23.5 Å². The van der Waals surface area contributed by atoms with E-state index >= 15 is 0 Å². The van der Waals surface area contributed by atoms with Crippen LogP contribution in [-0.4, -0.2) is 59.7 Å². The van der Waals surface area contributed by atoms with Gasteiger partial charge in [-0.05, 0) is 67.6 Å². The van der Waals surface area contributed by atoms with Gasteiger partial charge in [0, 0.05) is 6.54 Å². The van der Waals surface area contributed by atoms with Gasteiger partial charge in [0.05, 0.1) is 12.6 Å². The summed E-state index contributed by atoms with van der Waals surface area (Å²) in [5.41, 5.74) is 7.67. The minimum atomic E-state index is -1.06. The number of amides is 3. The van der Waals surface area contributed by atoms with E-state index in [1.165, 1.54) is 11.1 Å². The summed E-state index contributed by atoms with van der Waals surface area (Å²) >= 11 is 0. The van der Waals surface area contributed by atoms with Crippen molar-refractivity contribution in [3.05, 3.63) is 47.9 Å². The number of fused-ring (bicyclic) bond motifs is 1. The first-order valence-electron chi connectivity index (χ1n) is 13.7. The number of nitrogens with zero attached hydrogens (tertiary/aromatic N) is 1. The summed E-state index contributed by atoms with van der Waals surface area (Å²) < 4.78 is 5.77.